The van der Waals surface area contributed by atoms with Crippen LogP contribution in [0, 0.1) is 11.3 Å². The van der Waals surface area contributed by atoms with Crippen molar-refractivity contribution in [2.24, 2.45) is 11.3 Å². The van der Waals surface area contributed by atoms with E-state index in [0.29, 0.717) is 19.1 Å². The van der Waals surface area contributed by atoms with Gasteiger partial charge in [-0.15, -0.1) is 0 Å². The number of hydrogen-bond donors (Lipinski definition) is 0. The first-order valence-electron chi connectivity index (χ1n) is 7.56. The molecule has 0 radical (unpaired) electrons. The third-order valence-electron chi connectivity index (χ3n) is 4.74. The fraction of sp³-hybridized carbons (Fsp3) is 0.500. The van der Waals surface area contributed by atoms with E-state index in [2.05, 4.69) is 37.3 Å². The Morgan fingerprint density at radius 1 is 1.38 bits per heavy atom. The molecule has 0 unspecified atom stereocenters. The largest absolute Gasteiger partial charge is 0.465 e. The summed E-state index contributed by atoms with van der Waals surface area (Å²) in [5.41, 5.74) is 2.58. The average Bonchev–Trinajstić information content (AvgIpc) is 2.51. The number of carbonyl (C=O) groups excluding carboxylic acids is 1. The number of allylic oxidation sites excluding steroid dienone is 1. The minimum Gasteiger partial charge on any atom is -0.465 e. The second-order valence-electron chi connectivity index (χ2n) is 6.39. The predicted octanol–water partition coefficient (Wildman–Crippen LogP) is 3.66. The van der Waals surface area contributed by atoms with Gasteiger partial charge in [0, 0.05) is 18.3 Å². The van der Waals surface area contributed by atoms with Crippen molar-refractivity contribution in [3.8, 4) is 0 Å². The molecule has 0 spiro atoms. The summed E-state index contributed by atoms with van der Waals surface area (Å²) in [6.45, 7) is 4.77. The lowest BCUT2D eigenvalue weighted by Crippen LogP contribution is -2.44. The molecule has 1 aromatic carbocycles. The zero-order valence-electron chi connectivity index (χ0n) is 12.7. The Morgan fingerprint density at radius 2 is 2.14 bits per heavy atom. The van der Waals surface area contributed by atoms with Crippen LogP contribution in [0.5, 0.6) is 0 Å². The first-order chi connectivity index (χ1) is 10.1. The molecule has 3 nitrogen and oxygen atoms in total. The summed E-state index contributed by atoms with van der Waals surface area (Å²) in [6, 6.07) is 10.4. The third kappa shape index (κ3) is 2.88. The Bertz CT molecular complexity index is 549. The molecule has 2 bridgehead atoms. The Labute approximate surface area is 125 Å². The molecule has 1 aromatic rings. The molecule has 3 atom stereocenters. The lowest BCUT2D eigenvalue weighted by Gasteiger charge is -2.47. The van der Waals surface area contributed by atoms with E-state index in [0.717, 1.165) is 12.8 Å². The Kier molecular flexibility index (Phi) is 3.85. The van der Waals surface area contributed by atoms with Crippen LogP contribution in [-0.4, -0.2) is 19.2 Å². The van der Waals surface area contributed by atoms with Crippen LogP contribution in [0.1, 0.15) is 38.4 Å². The number of ether oxygens (including phenoxy) is 2. The van der Waals surface area contributed by atoms with Crippen LogP contribution in [0.25, 0.3) is 0 Å². The van der Waals surface area contributed by atoms with E-state index >= 15 is 0 Å². The molecular formula is C18H22O3. The van der Waals surface area contributed by atoms with Gasteiger partial charge in [0.2, 0.25) is 0 Å². The second-order valence-corrected chi connectivity index (χ2v) is 6.39. The van der Waals surface area contributed by atoms with Gasteiger partial charge in [-0.3, -0.25) is 4.79 Å². The summed E-state index contributed by atoms with van der Waals surface area (Å²) < 4.78 is 11.5. The molecule has 21 heavy (non-hydrogen) atoms. The molecule has 1 fully saturated rings. The summed E-state index contributed by atoms with van der Waals surface area (Å²) >= 11 is 0. The Balaban J connectivity index is 1.81. The summed E-state index contributed by atoms with van der Waals surface area (Å²) in [5, 5.41) is 0. The molecule has 112 valence electrons. The normalized spacial score (nSPS) is 31.4. The fourth-order valence-electron chi connectivity index (χ4n) is 3.47. The smallest absolute Gasteiger partial charge is 0.302 e. The minimum atomic E-state index is -0.211. The second kappa shape index (κ2) is 5.64. The lowest BCUT2D eigenvalue weighted by molar-refractivity contribution is -0.156. The molecule has 0 saturated carbocycles. The topological polar surface area (TPSA) is 35.5 Å². The van der Waals surface area contributed by atoms with Gasteiger partial charge in [-0.05, 0) is 25.3 Å². The average molecular weight is 286 g/mol. The maximum atomic E-state index is 11.1. The molecule has 0 N–H and O–H groups in total. The Hall–Kier alpha value is -1.61. The van der Waals surface area contributed by atoms with Crippen molar-refractivity contribution in [3.63, 3.8) is 0 Å². The van der Waals surface area contributed by atoms with E-state index in [1.807, 2.05) is 6.07 Å². The SMILES string of the molecule is CC(=O)OC[C@]12CC=C(C)[C@@H](C1)[C@@H](c1ccccc1)OC2. The van der Waals surface area contributed by atoms with E-state index in [9.17, 15) is 4.79 Å². The van der Waals surface area contributed by atoms with E-state index in [1.54, 1.807) is 0 Å². The summed E-state index contributed by atoms with van der Waals surface area (Å²) in [5.74, 6) is 0.169. The van der Waals surface area contributed by atoms with Gasteiger partial charge in [-0.25, -0.2) is 0 Å². The van der Waals surface area contributed by atoms with Crippen LogP contribution < -0.4 is 0 Å². The van der Waals surface area contributed by atoms with Crippen molar-refractivity contribution in [1.82, 2.24) is 0 Å². The zero-order chi connectivity index (χ0) is 14.9. The summed E-state index contributed by atoms with van der Waals surface area (Å²) in [4.78, 5) is 11.1. The van der Waals surface area contributed by atoms with Crippen LogP contribution in [0.3, 0.4) is 0 Å². The van der Waals surface area contributed by atoms with Crippen LogP contribution in [0.15, 0.2) is 42.0 Å². The number of fused-ring (bicyclic) bond motifs is 2. The predicted molar refractivity (Wildman–Crippen MR) is 80.7 cm³/mol. The van der Waals surface area contributed by atoms with Gasteiger partial charge < -0.3 is 9.47 Å². The lowest BCUT2D eigenvalue weighted by atomic mass is 9.67. The maximum absolute atomic E-state index is 11.1. The van der Waals surface area contributed by atoms with Gasteiger partial charge in [-0.1, -0.05) is 42.0 Å². The van der Waals surface area contributed by atoms with Crippen molar-refractivity contribution in [3.05, 3.63) is 47.5 Å². The molecule has 0 aromatic heterocycles. The molecule has 1 heterocycles. The molecule has 0 amide bonds. The molecule has 3 rings (SSSR count). The van der Waals surface area contributed by atoms with Crippen LogP contribution in [-0.2, 0) is 14.3 Å². The van der Waals surface area contributed by atoms with Gasteiger partial charge in [0.05, 0.1) is 19.3 Å². The van der Waals surface area contributed by atoms with Crippen LogP contribution >= 0.6 is 0 Å². The first-order valence-corrected chi connectivity index (χ1v) is 7.56. The van der Waals surface area contributed by atoms with Gasteiger partial charge in [0.1, 0.15) is 0 Å². The maximum Gasteiger partial charge on any atom is 0.302 e. The number of hydrogen-bond acceptors (Lipinski definition) is 3. The standard InChI is InChI=1S/C18H22O3/c1-13-8-9-18(11-20-14(2)19)10-16(13)17(21-12-18)15-6-4-3-5-7-15/h3-8,16-17H,9-12H2,1-2H3/t16-,17-,18+/m1/s1. The highest BCUT2D eigenvalue weighted by atomic mass is 16.5. The first kappa shape index (κ1) is 14.3. The number of esters is 1. The van der Waals surface area contributed by atoms with E-state index in [-0.39, 0.29) is 17.5 Å². The molecule has 2 aliphatic rings. The molecular weight excluding hydrogens is 264 g/mol. The molecule has 3 heteroatoms. The van der Waals surface area contributed by atoms with Crippen LogP contribution in [0.4, 0.5) is 0 Å². The summed E-state index contributed by atoms with van der Waals surface area (Å²) in [7, 11) is 0. The third-order valence-corrected chi connectivity index (χ3v) is 4.74. The van der Waals surface area contributed by atoms with Crippen molar-refractivity contribution in [2.75, 3.05) is 13.2 Å². The highest BCUT2D eigenvalue weighted by Gasteiger charge is 2.45. The minimum absolute atomic E-state index is 0.0405. The van der Waals surface area contributed by atoms with E-state index in [1.165, 1.54) is 18.1 Å². The van der Waals surface area contributed by atoms with Gasteiger partial charge >= 0.3 is 5.97 Å². The molecule has 1 saturated heterocycles. The fourth-order valence-corrected chi connectivity index (χ4v) is 3.47. The van der Waals surface area contributed by atoms with Crippen molar-refractivity contribution >= 4 is 5.97 Å². The quantitative estimate of drug-likeness (QED) is 0.628. The van der Waals surface area contributed by atoms with E-state index < -0.39 is 0 Å². The number of benzene rings is 1. The highest BCUT2D eigenvalue weighted by molar-refractivity contribution is 5.65. The van der Waals surface area contributed by atoms with Gasteiger partial charge in [-0.2, -0.15) is 0 Å². The monoisotopic (exact) mass is 286 g/mol. The zero-order valence-corrected chi connectivity index (χ0v) is 12.7. The number of carbonyl (C=O) groups is 1. The molecule has 1 aliphatic carbocycles. The van der Waals surface area contributed by atoms with Crippen molar-refractivity contribution in [2.45, 2.75) is 32.8 Å². The van der Waals surface area contributed by atoms with E-state index in [4.69, 9.17) is 9.47 Å². The number of rotatable bonds is 3. The Morgan fingerprint density at radius 3 is 2.86 bits per heavy atom. The van der Waals surface area contributed by atoms with Crippen molar-refractivity contribution in [1.29, 1.82) is 0 Å². The van der Waals surface area contributed by atoms with Crippen LogP contribution in [0.2, 0.25) is 0 Å². The summed E-state index contributed by atoms with van der Waals surface area (Å²) in [6.07, 6.45) is 4.38. The van der Waals surface area contributed by atoms with Crippen molar-refractivity contribution < 1.29 is 14.3 Å². The van der Waals surface area contributed by atoms with Gasteiger partial charge in [0.15, 0.2) is 0 Å². The molecule has 1 aliphatic heterocycles. The highest BCUT2D eigenvalue weighted by Crippen LogP contribution is 2.50. The van der Waals surface area contributed by atoms with Gasteiger partial charge in [0.25, 0.3) is 0 Å².